The molecule has 0 heterocycles. The molecular weight excluding hydrogens is 600 g/mol. The van der Waals surface area contributed by atoms with Crippen LogP contribution in [0, 0.1) is 0 Å². The molecule has 4 rings (SSSR count). The molecule has 0 fully saturated rings. The summed E-state index contributed by atoms with van der Waals surface area (Å²) in [5, 5.41) is 35.7. The van der Waals surface area contributed by atoms with E-state index in [-0.39, 0.29) is 68.9 Å². The van der Waals surface area contributed by atoms with E-state index in [2.05, 4.69) is 0 Å². The van der Waals surface area contributed by atoms with Gasteiger partial charge in [0, 0.05) is 42.4 Å². The molecule has 0 bridgehead atoms. The van der Waals surface area contributed by atoms with E-state index in [9.17, 15) is 0 Å². The van der Waals surface area contributed by atoms with E-state index >= 15 is 0 Å². The first-order chi connectivity index (χ1) is 19.4. The molecule has 0 saturated heterocycles. The van der Waals surface area contributed by atoms with Gasteiger partial charge in [-0.2, -0.15) is 0 Å². The monoisotopic (exact) mass is 648 g/mol. The second-order valence-electron chi connectivity index (χ2n) is 11.9. The van der Waals surface area contributed by atoms with Gasteiger partial charge in [0.05, 0.1) is 26.4 Å². The molecule has 0 atom stereocenters. The maximum atomic E-state index is 9.05. The summed E-state index contributed by atoms with van der Waals surface area (Å²) in [4.78, 5) is 0. The van der Waals surface area contributed by atoms with Gasteiger partial charge in [-0.3, -0.25) is 0 Å². The van der Waals surface area contributed by atoms with Gasteiger partial charge in [-0.25, -0.2) is 0 Å². The average molecular weight is 650 g/mol. The van der Waals surface area contributed by atoms with Crippen molar-refractivity contribution in [3.05, 3.63) is 144 Å². The molecule has 226 valence electrons. The van der Waals surface area contributed by atoms with Crippen LogP contribution in [-0.2, 0) is 49.1 Å². The van der Waals surface area contributed by atoms with Crippen LogP contribution in [0.15, 0.2) is 121 Å². The Bertz CT molecular complexity index is 1060. The molecule has 0 spiro atoms. The van der Waals surface area contributed by atoms with E-state index < -0.39 is 0 Å². The molecular formula is C37H50O4Zr. The predicted molar refractivity (Wildman–Crippen MR) is 172 cm³/mol. The van der Waals surface area contributed by atoms with Crippen molar-refractivity contribution in [1.29, 1.82) is 0 Å². The van der Waals surface area contributed by atoms with Crippen molar-refractivity contribution < 1.29 is 46.6 Å². The molecule has 0 aliphatic rings. The molecule has 0 radical (unpaired) electrons. The molecule has 0 amide bonds. The number of rotatable bonds is 7. The Labute approximate surface area is 273 Å². The fourth-order valence-electron chi connectivity index (χ4n) is 3.53. The molecule has 4 aromatic rings. The Morgan fingerprint density at radius 1 is 0.381 bits per heavy atom. The smallest absolute Gasteiger partial charge is 0.0681 e. The minimum absolute atomic E-state index is 0. The summed E-state index contributed by atoms with van der Waals surface area (Å²) in [7, 11) is 0. The summed E-state index contributed by atoms with van der Waals surface area (Å²) in [5.41, 5.74) is 4.18. The molecule has 42 heavy (non-hydrogen) atoms. The zero-order valence-corrected chi connectivity index (χ0v) is 28.6. The van der Waals surface area contributed by atoms with Gasteiger partial charge in [-0.05, 0) is 22.3 Å². The number of benzene rings is 4. The van der Waals surface area contributed by atoms with E-state index in [1.54, 1.807) is 0 Å². The van der Waals surface area contributed by atoms with Crippen molar-refractivity contribution >= 4 is 0 Å². The van der Waals surface area contributed by atoms with Crippen molar-refractivity contribution in [3.8, 4) is 0 Å². The van der Waals surface area contributed by atoms with Gasteiger partial charge >= 0.3 is 0 Å². The fourth-order valence-corrected chi connectivity index (χ4v) is 3.53. The predicted octanol–water partition coefficient (Wildman–Crippen LogP) is 7.05. The maximum Gasteiger partial charge on any atom is 0.0681 e. The van der Waals surface area contributed by atoms with Gasteiger partial charge < -0.3 is 20.4 Å². The van der Waals surface area contributed by atoms with Crippen molar-refractivity contribution in [2.45, 2.75) is 64.4 Å². The SMILES string of the molecule is CC(C)(CO)c1ccccc1.CC(C)(CO)c1ccccc1.CC(C)(CO)c1ccccc1.OCc1ccccc1.[Zr]. The van der Waals surface area contributed by atoms with Crippen molar-refractivity contribution in [2.24, 2.45) is 0 Å². The molecule has 0 saturated carbocycles. The first-order valence-corrected chi connectivity index (χ1v) is 14.1. The van der Waals surface area contributed by atoms with Gasteiger partial charge in [0.1, 0.15) is 0 Å². The van der Waals surface area contributed by atoms with Crippen LogP contribution in [0.5, 0.6) is 0 Å². The van der Waals surface area contributed by atoms with Crippen LogP contribution in [0.1, 0.15) is 63.8 Å². The molecule has 4 nitrogen and oxygen atoms in total. The number of aliphatic hydroxyl groups excluding tert-OH is 4. The van der Waals surface area contributed by atoms with E-state index in [1.165, 1.54) is 16.7 Å². The summed E-state index contributed by atoms with van der Waals surface area (Å²) in [6.45, 7) is 12.9. The van der Waals surface area contributed by atoms with Crippen LogP contribution >= 0.6 is 0 Å². The van der Waals surface area contributed by atoms with Crippen molar-refractivity contribution in [3.63, 3.8) is 0 Å². The van der Waals surface area contributed by atoms with Crippen molar-refractivity contribution in [1.82, 2.24) is 0 Å². The van der Waals surface area contributed by atoms with Crippen LogP contribution in [0.4, 0.5) is 0 Å². The second kappa shape index (κ2) is 20.5. The number of hydrogen-bond acceptors (Lipinski definition) is 4. The zero-order valence-electron chi connectivity index (χ0n) is 26.2. The first-order valence-electron chi connectivity index (χ1n) is 14.1. The minimum atomic E-state index is -0.110. The quantitative estimate of drug-likeness (QED) is 0.173. The number of hydrogen-bond donors (Lipinski definition) is 4. The standard InChI is InChI=1S/3C10H14O.C7H8O.Zr/c3*1-10(2,8-11)9-6-4-3-5-7-9;8-6-7-4-2-1-3-5-7;/h3*3-7,11H,8H2,1-2H3;1-5,8H,6H2;. The van der Waals surface area contributed by atoms with E-state index in [4.69, 9.17) is 20.4 Å². The Morgan fingerprint density at radius 2 is 0.595 bits per heavy atom. The van der Waals surface area contributed by atoms with Crippen LogP contribution in [-0.4, -0.2) is 40.2 Å². The Balaban J connectivity index is 0.000000533. The van der Waals surface area contributed by atoms with Gasteiger partial charge in [0.25, 0.3) is 0 Å². The molecule has 0 aromatic heterocycles. The van der Waals surface area contributed by atoms with Gasteiger partial charge in [0.2, 0.25) is 0 Å². The van der Waals surface area contributed by atoms with Crippen LogP contribution in [0.3, 0.4) is 0 Å². The van der Waals surface area contributed by atoms with Gasteiger partial charge in [0.15, 0.2) is 0 Å². The normalized spacial score (nSPS) is 10.8. The van der Waals surface area contributed by atoms with E-state index in [0.29, 0.717) is 0 Å². The molecule has 0 unspecified atom stereocenters. The zero-order chi connectivity index (χ0) is 30.8. The van der Waals surface area contributed by atoms with Crippen molar-refractivity contribution in [2.75, 3.05) is 19.8 Å². The summed E-state index contributed by atoms with van der Waals surface area (Å²) in [6, 6.07) is 39.7. The average Bonchev–Trinajstić information content (AvgIpc) is 3.03. The summed E-state index contributed by atoms with van der Waals surface area (Å²) in [5.74, 6) is 0. The molecule has 5 heteroatoms. The Hall–Kier alpha value is -2.40. The fraction of sp³-hybridized carbons (Fsp3) is 0.351. The molecule has 4 N–H and O–H groups in total. The third kappa shape index (κ3) is 14.7. The summed E-state index contributed by atoms with van der Waals surface area (Å²) < 4.78 is 0. The van der Waals surface area contributed by atoms with Crippen LogP contribution < -0.4 is 0 Å². The summed E-state index contributed by atoms with van der Waals surface area (Å²) in [6.07, 6.45) is 0. The van der Waals surface area contributed by atoms with E-state index in [1.807, 2.05) is 163 Å². The van der Waals surface area contributed by atoms with Crippen LogP contribution in [0.2, 0.25) is 0 Å². The largest absolute Gasteiger partial charge is 0.395 e. The minimum Gasteiger partial charge on any atom is -0.395 e. The third-order valence-electron chi connectivity index (χ3n) is 6.88. The maximum absolute atomic E-state index is 9.05. The second-order valence-corrected chi connectivity index (χ2v) is 11.9. The van der Waals surface area contributed by atoms with Crippen LogP contribution in [0.25, 0.3) is 0 Å². The Kier molecular flexibility index (Phi) is 19.3. The Morgan fingerprint density at radius 3 is 0.762 bits per heavy atom. The van der Waals surface area contributed by atoms with E-state index in [0.717, 1.165) is 5.56 Å². The number of aliphatic hydroxyl groups is 4. The first kappa shape index (κ1) is 39.6. The topological polar surface area (TPSA) is 80.9 Å². The molecule has 0 aliphatic carbocycles. The van der Waals surface area contributed by atoms with Gasteiger partial charge in [-0.15, -0.1) is 0 Å². The van der Waals surface area contributed by atoms with Gasteiger partial charge in [-0.1, -0.05) is 163 Å². The third-order valence-corrected chi connectivity index (χ3v) is 6.88. The molecule has 0 aliphatic heterocycles. The summed E-state index contributed by atoms with van der Waals surface area (Å²) >= 11 is 0. The molecule has 4 aromatic carbocycles.